The average Bonchev–Trinajstić information content (AvgIpc) is 3.32. The van der Waals surface area contributed by atoms with E-state index >= 15 is 0 Å². The maximum absolute atomic E-state index is 12.4. The van der Waals surface area contributed by atoms with E-state index < -0.39 is 11.8 Å². The molecule has 0 radical (unpaired) electrons. The van der Waals surface area contributed by atoms with Crippen LogP contribution in [0, 0.1) is 0 Å². The normalized spacial score (nSPS) is 12.6. The molecule has 9 heteroatoms. The molecule has 0 bridgehead atoms. The van der Waals surface area contributed by atoms with E-state index in [-0.39, 0.29) is 10.7 Å². The summed E-state index contributed by atoms with van der Waals surface area (Å²) in [5, 5.41) is 6.95. The van der Waals surface area contributed by atoms with Gasteiger partial charge in [-0.2, -0.15) is 0 Å². The van der Waals surface area contributed by atoms with Crippen LogP contribution in [-0.4, -0.2) is 36.7 Å². The lowest BCUT2D eigenvalue weighted by molar-refractivity contribution is -0.123. The molecule has 372 valence electrons. The number of ether oxygens (including phenoxy) is 4. The summed E-state index contributed by atoms with van der Waals surface area (Å²) in [5.74, 6) is 1.92. The van der Waals surface area contributed by atoms with Gasteiger partial charge in [0.05, 0.1) is 19.8 Å². The van der Waals surface area contributed by atoms with Gasteiger partial charge in [-0.1, -0.05) is 212 Å². The Balaban J connectivity index is 1.43. The molecule has 67 heavy (non-hydrogen) atoms. The second kappa shape index (κ2) is 35.1. The van der Waals surface area contributed by atoms with E-state index in [0.29, 0.717) is 26.4 Å². The van der Waals surface area contributed by atoms with E-state index in [9.17, 15) is 9.59 Å². The van der Waals surface area contributed by atoms with Crippen LogP contribution in [0.25, 0.3) is 16.8 Å². The van der Waals surface area contributed by atoms with Gasteiger partial charge in [-0.25, -0.2) is 0 Å². The molecule has 3 aromatic carbocycles. The molecule has 1 fully saturated rings. The number of unbranched alkanes of at least 4 members (excludes halogenated alkanes) is 27. The van der Waals surface area contributed by atoms with Crippen molar-refractivity contribution in [3.05, 3.63) is 65.2 Å². The van der Waals surface area contributed by atoms with Gasteiger partial charge in [0.15, 0.2) is 16.6 Å². The number of hydrogen-bond donors (Lipinski definition) is 2. The minimum Gasteiger partial charge on any atom is -0.490 e. The molecule has 8 nitrogen and oxygen atoms in total. The molecular formula is C58H88N2O6S. The number of amides is 2. The van der Waals surface area contributed by atoms with E-state index in [1.807, 2.05) is 36.4 Å². The number of hydrogen-bond acceptors (Lipinski definition) is 7. The maximum atomic E-state index is 12.4. The van der Waals surface area contributed by atoms with Crippen molar-refractivity contribution in [2.45, 2.75) is 220 Å². The number of fused-ring (bicyclic) bond motifs is 1. The minimum atomic E-state index is -0.508. The highest BCUT2D eigenvalue weighted by atomic mass is 32.1. The third-order valence-electron chi connectivity index (χ3n) is 12.8. The molecule has 1 aliphatic rings. The molecule has 0 spiro atoms. The fourth-order valence-corrected chi connectivity index (χ4v) is 8.92. The fourth-order valence-electron chi connectivity index (χ4n) is 8.74. The SMILES string of the molecule is CCCCCCCCCCCCOc1cc(COc2ccc3cc(C=C4C(=O)NC(=S)NC4=O)ccc3c2)cc(OCCCCCCCCCCCC)c1OCCCCCCCCCCCC. The zero-order chi connectivity index (χ0) is 47.6. The molecule has 1 saturated heterocycles. The largest absolute Gasteiger partial charge is 0.490 e. The number of carbonyl (C=O) groups is 2. The standard InChI is InChI=1S/C58H88N2O6S/c1-4-7-10-13-16-19-22-25-28-31-38-63-53-43-48(46-66-51-37-36-49-41-47(34-35-50(49)45-51)42-52-56(61)59-58(67)60-57(52)62)44-54(64-39-32-29-26-23-20-17-14-11-8-5-2)55(53)65-40-33-30-27-24-21-18-15-12-9-6-3/h34-37,41-45H,4-33,38-40,46H2,1-3H3,(H2,59,60,61,62,67). The van der Waals surface area contributed by atoms with Crippen LogP contribution in [0.5, 0.6) is 23.0 Å². The minimum absolute atomic E-state index is 0.0156. The zero-order valence-corrected chi connectivity index (χ0v) is 42.9. The summed E-state index contributed by atoms with van der Waals surface area (Å²) >= 11 is 4.94. The first-order valence-corrected chi connectivity index (χ1v) is 27.4. The van der Waals surface area contributed by atoms with Crippen LogP contribution < -0.4 is 29.6 Å². The lowest BCUT2D eigenvalue weighted by Gasteiger charge is -2.19. The Morgan fingerprint density at radius 1 is 0.448 bits per heavy atom. The molecule has 2 amide bonds. The third-order valence-corrected chi connectivity index (χ3v) is 13.0. The summed E-state index contributed by atoms with van der Waals surface area (Å²) in [6, 6.07) is 15.9. The molecule has 0 saturated carbocycles. The summed E-state index contributed by atoms with van der Waals surface area (Å²) in [6.07, 6.45) is 39.9. The first-order valence-electron chi connectivity index (χ1n) is 27.0. The molecule has 0 aromatic heterocycles. The Morgan fingerprint density at radius 2 is 0.836 bits per heavy atom. The van der Waals surface area contributed by atoms with E-state index in [0.717, 1.165) is 77.0 Å². The van der Waals surface area contributed by atoms with Gasteiger partial charge in [0.2, 0.25) is 5.75 Å². The van der Waals surface area contributed by atoms with Gasteiger partial charge in [-0.3, -0.25) is 20.2 Å². The predicted octanol–water partition coefficient (Wildman–Crippen LogP) is 16.2. The lowest BCUT2D eigenvalue weighted by atomic mass is 10.0. The average molecular weight is 941 g/mol. The van der Waals surface area contributed by atoms with Crippen LogP contribution in [0.15, 0.2) is 54.1 Å². The topological polar surface area (TPSA) is 95.1 Å². The van der Waals surface area contributed by atoms with Gasteiger partial charge in [-0.15, -0.1) is 0 Å². The van der Waals surface area contributed by atoms with Gasteiger partial charge in [0.1, 0.15) is 17.9 Å². The van der Waals surface area contributed by atoms with Crippen LogP contribution in [0.1, 0.15) is 225 Å². The van der Waals surface area contributed by atoms with Crippen molar-refractivity contribution >= 4 is 46.0 Å². The Morgan fingerprint density at radius 3 is 1.28 bits per heavy atom. The molecule has 0 unspecified atom stereocenters. The van der Waals surface area contributed by atoms with E-state index in [2.05, 4.69) is 43.5 Å². The number of rotatable bonds is 40. The summed E-state index contributed by atoms with van der Waals surface area (Å²) in [5.41, 5.74) is 1.72. The van der Waals surface area contributed by atoms with Gasteiger partial charge < -0.3 is 18.9 Å². The Hall–Kier alpha value is -4.11. The second-order valence-corrected chi connectivity index (χ2v) is 19.3. The Kier molecular flexibility index (Phi) is 29.0. The van der Waals surface area contributed by atoms with Crippen molar-refractivity contribution in [2.24, 2.45) is 0 Å². The summed E-state index contributed by atoms with van der Waals surface area (Å²) < 4.78 is 26.3. The van der Waals surface area contributed by atoms with Gasteiger partial charge in [-0.05, 0) is 89.8 Å². The van der Waals surface area contributed by atoms with Gasteiger partial charge >= 0.3 is 0 Å². The predicted molar refractivity (Wildman–Crippen MR) is 284 cm³/mol. The van der Waals surface area contributed by atoms with Crippen molar-refractivity contribution in [3.63, 3.8) is 0 Å². The van der Waals surface area contributed by atoms with E-state index in [4.69, 9.17) is 31.2 Å². The van der Waals surface area contributed by atoms with Crippen LogP contribution in [0.4, 0.5) is 0 Å². The van der Waals surface area contributed by atoms with Crippen LogP contribution in [0.3, 0.4) is 0 Å². The highest BCUT2D eigenvalue weighted by Crippen LogP contribution is 2.40. The van der Waals surface area contributed by atoms with Crippen molar-refractivity contribution in [1.29, 1.82) is 0 Å². The molecule has 0 aliphatic carbocycles. The smallest absolute Gasteiger partial charge is 0.263 e. The molecule has 0 atom stereocenters. The van der Waals surface area contributed by atoms with Crippen LogP contribution in [0.2, 0.25) is 0 Å². The second-order valence-electron chi connectivity index (χ2n) is 18.9. The number of thiocarbonyl (C=S) groups is 1. The van der Waals surface area contributed by atoms with Crippen LogP contribution in [-0.2, 0) is 16.2 Å². The van der Waals surface area contributed by atoms with Crippen LogP contribution >= 0.6 is 12.2 Å². The third kappa shape index (κ3) is 23.2. The molecule has 4 rings (SSSR count). The van der Waals surface area contributed by atoms with E-state index in [1.54, 1.807) is 6.08 Å². The quantitative estimate of drug-likeness (QED) is 0.0254. The van der Waals surface area contributed by atoms with Crippen molar-refractivity contribution < 1.29 is 28.5 Å². The monoisotopic (exact) mass is 941 g/mol. The number of nitrogens with one attached hydrogen (secondary N) is 2. The Bertz CT molecular complexity index is 1820. The first-order chi connectivity index (χ1) is 32.9. The highest BCUT2D eigenvalue weighted by Gasteiger charge is 2.25. The molecule has 1 aliphatic heterocycles. The van der Waals surface area contributed by atoms with Gasteiger partial charge in [0.25, 0.3) is 11.8 Å². The van der Waals surface area contributed by atoms with Gasteiger partial charge in [0, 0.05) is 0 Å². The molecule has 2 N–H and O–H groups in total. The lowest BCUT2D eigenvalue weighted by Crippen LogP contribution is -2.51. The number of benzene rings is 3. The number of carbonyl (C=O) groups excluding carboxylic acids is 2. The summed E-state index contributed by atoms with van der Waals surface area (Å²) in [7, 11) is 0. The summed E-state index contributed by atoms with van der Waals surface area (Å²) in [4.78, 5) is 24.8. The van der Waals surface area contributed by atoms with Crippen molar-refractivity contribution in [2.75, 3.05) is 19.8 Å². The molecule has 1 heterocycles. The fraction of sp³-hybridized carbons (Fsp3) is 0.638. The molecule has 3 aromatic rings. The Labute approximate surface area is 411 Å². The van der Waals surface area contributed by atoms with Crippen molar-refractivity contribution in [1.82, 2.24) is 10.6 Å². The van der Waals surface area contributed by atoms with E-state index in [1.165, 1.54) is 161 Å². The zero-order valence-electron chi connectivity index (χ0n) is 42.1. The highest BCUT2D eigenvalue weighted by molar-refractivity contribution is 7.80. The van der Waals surface area contributed by atoms with Crippen molar-refractivity contribution in [3.8, 4) is 23.0 Å². The molecular weight excluding hydrogens is 853 g/mol. The first kappa shape index (κ1) is 55.5. The summed E-state index contributed by atoms with van der Waals surface area (Å²) in [6.45, 7) is 9.09. The maximum Gasteiger partial charge on any atom is 0.263 e.